The van der Waals surface area contributed by atoms with Gasteiger partial charge in [0, 0.05) is 11.1 Å². The van der Waals surface area contributed by atoms with Crippen LogP contribution in [0.5, 0.6) is 5.75 Å². The van der Waals surface area contributed by atoms with Crippen molar-refractivity contribution in [1.29, 1.82) is 0 Å². The lowest BCUT2D eigenvalue weighted by molar-refractivity contribution is -0.192. The second-order valence-corrected chi connectivity index (χ2v) is 6.59. The monoisotopic (exact) mass is 421 g/mol. The zero-order chi connectivity index (χ0) is 20.7. The van der Waals surface area contributed by atoms with Crippen molar-refractivity contribution in [3.05, 3.63) is 39.7 Å². The summed E-state index contributed by atoms with van der Waals surface area (Å²) < 4.78 is 42.7. The van der Waals surface area contributed by atoms with Crippen molar-refractivity contribution in [3.63, 3.8) is 0 Å². The number of fused-ring (bicyclic) bond motifs is 1. The number of nitrogens with one attached hydrogen (secondary N) is 1. The number of benzene rings is 1. The van der Waals surface area contributed by atoms with Crippen LogP contribution in [0.3, 0.4) is 0 Å². The number of halogens is 4. The second-order valence-electron chi connectivity index (χ2n) is 6.16. The highest BCUT2D eigenvalue weighted by atomic mass is 35.5. The van der Waals surface area contributed by atoms with E-state index in [1.165, 1.54) is 25.3 Å². The average molecular weight is 422 g/mol. The number of carboxylic acid groups (broad SMARTS) is 1. The smallest absolute Gasteiger partial charge is 0.490 e. The summed E-state index contributed by atoms with van der Waals surface area (Å²) in [5.74, 6) is -2.22. The lowest BCUT2D eigenvalue weighted by Crippen LogP contribution is -2.35. The number of ether oxygens (including phenoxy) is 1. The SMILES string of the molecule is O=C(O)C(F)(F)F.O=c1cc(OCCC2CCCCN2)c2cc(Cl)ccc2o1. The Morgan fingerprint density at radius 3 is 2.64 bits per heavy atom. The van der Waals surface area contributed by atoms with Gasteiger partial charge in [0.05, 0.1) is 18.1 Å². The number of hydrogen-bond acceptors (Lipinski definition) is 5. The topological polar surface area (TPSA) is 88.8 Å². The maximum absolute atomic E-state index is 11.6. The molecule has 1 aliphatic rings. The molecule has 28 heavy (non-hydrogen) atoms. The normalized spacial score (nSPS) is 16.9. The van der Waals surface area contributed by atoms with Crippen molar-refractivity contribution >= 4 is 28.5 Å². The summed E-state index contributed by atoms with van der Waals surface area (Å²) in [5.41, 5.74) is 0.0910. The summed E-state index contributed by atoms with van der Waals surface area (Å²) >= 11 is 6.00. The highest BCUT2D eigenvalue weighted by molar-refractivity contribution is 6.31. The van der Waals surface area contributed by atoms with Crippen LogP contribution in [0.1, 0.15) is 25.7 Å². The summed E-state index contributed by atoms with van der Waals surface area (Å²) in [6, 6.07) is 7.03. The molecule has 10 heteroatoms. The van der Waals surface area contributed by atoms with Crippen molar-refractivity contribution in [1.82, 2.24) is 5.32 Å². The lowest BCUT2D eigenvalue weighted by Gasteiger charge is -2.23. The van der Waals surface area contributed by atoms with E-state index in [0.29, 0.717) is 29.0 Å². The summed E-state index contributed by atoms with van der Waals surface area (Å²) in [6.07, 6.45) is -0.444. The Hall–Kier alpha value is -2.26. The quantitative estimate of drug-likeness (QED) is 0.726. The summed E-state index contributed by atoms with van der Waals surface area (Å²) in [4.78, 5) is 20.5. The molecule has 0 bridgehead atoms. The molecule has 1 atom stereocenters. The van der Waals surface area contributed by atoms with Crippen LogP contribution >= 0.6 is 11.6 Å². The second kappa shape index (κ2) is 9.79. The van der Waals surface area contributed by atoms with Gasteiger partial charge in [-0.3, -0.25) is 0 Å². The Kier molecular flexibility index (Phi) is 7.70. The summed E-state index contributed by atoms with van der Waals surface area (Å²) in [7, 11) is 0. The highest BCUT2D eigenvalue weighted by Gasteiger charge is 2.38. The van der Waals surface area contributed by atoms with Crippen LogP contribution in [-0.2, 0) is 4.79 Å². The molecule has 2 N–H and O–H groups in total. The first-order chi connectivity index (χ1) is 13.2. The molecule has 0 aliphatic carbocycles. The van der Waals surface area contributed by atoms with E-state index in [4.69, 9.17) is 30.7 Å². The molecule has 1 fully saturated rings. The molecule has 1 aliphatic heterocycles. The number of hydrogen-bond donors (Lipinski definition) is 2. The highest BCUT2D eigenvalue weighted by Crippen LogP contribution is 2.27. The van der Waals surface area contributed by atoms with Gasteiger partial charge in [-0.05, 0) is 44.0 Å². The first kappa shape index (κ1) is 22.0. The fourth-order valence-electron chi connectivity index (χ4n) is 2.71. The molecule has 1 aromatic carbocycles. The van der Waals surface area contributed by atoms with Gasteiger partial charge in [-0.15, -0.1) is 0 Å². The van der Waals surface area contributed by atoms with Gasteiger partial charge in [0.1, 0.15) is 11.3 Å². The number of piperidine rings is 1. The Morgan fingerprint density at radius 1 is 1.32 bits per heavy atom. The van der Waals surface area contributed by atoms with Crippen molar-refractivity contribution < 1.29 is 32.2 Å². The maximum atomic E-state index is 11.6. The molecule has 1 saturated heterocycles. The lowest BCUT2D eigenvalue weighted by atomic mass is 10.0. The predicted molar refractivity (Wildman–Crippen MR) is 96.9 cm³/mol. The average Bonchev–Trinajstić information content (AvgIpc) is 2.63. The van der Waals surface area contributed by atoms with E-state index in [2.05, 4.69) is 5.32 Å². The first-order valence-corrected chi connectivity index (χ1v) is 8.94. The zero-order valence-electron chi connectivity index (χ0n) is 14.7. The first-order valence-electron chi connectivity index (χ1n) is 8.56. The van der Waals surface area contributed by atoms with Crippen LogP contribution in [0.25, 0.3) is 11.0 Å². The molecule has 154 valence electrons. The van der Waals surface area contributed by atoms with E-state index in [0.717, 1.165) is 18.4 Å². The van der Waals surface area contributed by atoms with Crippen molar-refractivity contribution in [3.8, 4) is 5.75 Å². The minimum absolute atomic E-state index is 0.407. The molecule has 0 saturated carbocycles. The molecule has 1 unspecified atom stereocenters. The standard InChI is InChI=1S/C16H18ClNO3.C2HF3O2/c17-11-4-5-14-13(9-11)15(10-16(19)21-14)20-8-6-12-3-1-2-7-18-12;3-2(4,5)1(6)7/h4-5,9-10,12,18H,1-3,6-8H2;(H,6,7). The number of carboxylic acids is 1. The van der Waals surface area contributed by atoms with Gasteiger partial charge in [-0.1, -0.05) is 18.0 Å². The third-order valence-corrected chi connectivity index (χ3v) is 4.28. The van der Waals surface area contributed by atoms with Crippen LogP contribution in [0.2, 0.25) is 5.02 Å². The molecular weight excluding hydrogens is 403 g/mol. The minimum atomic E-state index is -5.08. The fraction of sp³-hybridized carbons (Fsp3) is 0.444. The van der Waals surface area contributed by atoms with Gasteiger partial charge in [-0.25, -0.2) is 9.59 Å². The predicted octanol–water partition coefficient (Wildman–Crippen LogP) is 3.99. The maximum Gasteiger partial charge on any atom is 0.490 e. The number of rotatable bonds is 4. The van der Waals surface area contributed by atoms with Gasteiger partial charge >= 0.3 is 17.8 Å². The van der Waals surface area contributed by atoms with Crippen LogP contribution in [0.15, 0.2) is 33.5 Å². The fourth-order valence-corrected chi connectivity index (χ4v) is 2.88. The van der Waals surface area contributed by atoms with E-state index < -0.39 is 17.8 Å². The van der Waals surface area contributed by atoms with Gasteiger partial charge < -0.3 is 19.6 Å². The molecule has 3 rings (SSSR count). The van der Waals surface area contributed by atoms with Crippen molar-refractivity contribution in [2.24, 2.45) is 0 Å². The molecule has 2 aromatic rings. The summed E-state index contributed by atoms with van der Waals surface area (Å²) in [6.45, 7) is 1.65. The third kappa shape index (κ3) is 6.72. The largest absolute Gasteiger partial charge is 0.492 e. The van der Waals surface area contributed by atoms with Crippen molar-refractivity contribution in [2.45, 2.75) is 37.9 Å². The third-order valence-electron chi connectivity index (χ3n) is 4.05. The number of carbonyl (C=O) groups is 1. The molecule has 0 spiro atoms. The molecule has 6 nitrogen and oxygen atoms in total. The molecule has 1 aromatic heterocycles. The minimum Gasteiger partial charge on any atom is -0.492 e. The van der Waals surface area contributed by atoms with Crippen LogP contribution in [-0.4, -0.2) is 36.4 Å². The Balaban J connectivity index is 0.000000345. The Morgan fingerprint density at radius 2 is 2.04 bits per heavy atom. The van der Waals surface area contributed by atoms with E-state index in [-0.39, 0.29) is 0 Å². The van der Waals surface area contributed by atoms with Crippen LogP contribution < -0.4 is 15.7 Å². The van der Waals surface area contributed by atoms with Crippen LogP contribution in [0.4, 0.5) is 13.2 Å². The molecular formula is C18H19ClF3NO5. The van der Waals surface area contributed by atoms with E-state index in [1.807, 2.05) is 0 Å². The van der Waals surface area contributed by atoms with Crippen molar-refractivity contribution in [2.75, 3.05) is 13.2 Å². The number of alkyl halides is 3. The Bertz CT molecular complexity index is 862. The van der Waals surface area contributed by atoms with Crippen LogP contribution in [0, 0.1) is 0 Å². The Labute approximate surface area is 163 Å². The summed E-state index contributed by atoms with van der Waals surface area (Å²) in [5, 5.41) is 11.9. The van der Waals surface area contributed by atoms with E-state index in [9.17, 15) is 18.0 Å². The van der Waals surface area contributed by atoms with E-state index >= 15 is 0 Å². The molecule has 0 radical (unpaired) electrons. The zero-order valence-corrected chi connectivity index (χ0v) is 15.5. The van der Waals surface area contributed by atoms with Gasteiger partial charge in [0.25, 0.3) is 0 Å². The number of aliphatic carboxylic acids is 1. The van der Waals surface area contributed by atoms with Gasteiger partial charge in [-0.2, -0.15) is 13.2 Å². The molecule has 0 amide bonds. The van der Waals surface area contributed by atoms with Gasteiger partial charge in [0.2, 0.25) is 0 Å². The van der Waals surface area contributed by atoms with E-state index in [1.54, 1.807) is 18.2 Å². The van der Waals surface area contributed by atoms with Gasteiger partial charge in [0.15, 0.2) is 0 Å². The molecule has 2 heterocycles.